The number of aromatic nitrogens is 5. The van der Waals surface area contributed by atoms with Gasteiger partial charge in [0.25, 0.3) is 0 Å². The summed E-state index contributed by atoms with van der Waals surface area (Å²) in [5.74, 6) is 1.05. The van der Waals surface area contributed by atoms with E-state index in [9.17, 15) is 8.42 Å². The standard InChI is InChI=1S/C18H18N6O4S/c1-3-24-10-14(8-19-24)18-22-17(28-23-18)9-20-29(25,26)15-6-4-13(5-7-15)16-11-27-12(2)21-16/h4-8,10-11,20H,3,9H2,1-2H3. The van der Waals surface area contributed by atoms with E-state index < -0.39 is 10.0 Å². The molecule has 1 N–H and O–H groups in total. The minimum atomic E-state index is -3.75. The predicted molar refractivity (Wildman–Crippen MR) is 102 cm³/mol. The summed E-state index contributed by atoms with van der Waals surface area (Å²) in [5, 5.41) is 8.01. The van der Waals surface area contributed by atoms with Gasteiger partial charge in [0.2, 0.25) is 21.7 Å². The highest BCUT2D eigenvalue weighted by molar-refractivity contribution is 7.89. The van der Waals surface area contributed by atoms with Crippen molar-refractivity contribution in [2.24, 2.45) is 0 Å². The quantitative estimate of drug-likeness (QED) is 0.488. The number of benzene rings is 1. The third-order valence-electron chi connectivity index (χ3n) is 4.18. The summed E-state index contributed by atoms with van der Waals surface area (Å²) < 4.78 is 39.6. The molecule has 4 aromatic rings. The van der Waals surface area contributed by atoms with Gasteiger partial charge in [0.1, 0.15) is 12.0 Å². The molecule has 0 amide bonds. The molecule has 0 aliphatic heterocycles. The molecule has 1 aromatic carbocycles. The Balaban J connectivity index is 1.44. The first kappa shape index (κ1) is 19.0. The van der Waals surface area contributed by atoms with Crippen molar-refractivity contribution in [1.29, 1.82) is 0 Å². The Bertz CT molecular complexity index is 1220. The molecule has 29 heavy (non-hydrogen) atoms. The first-order valence-electron chi connectivity index (χ1n) is 8.82. The average molecular weight is 414 g/mol. The van der Waals surface area contributed by atoms with E-state index in [1.807, 2.05) is 6.92 Å². The van der Waals surface area contributed by atoms with Crippen molar-refractivity contribution < 1.29 is 17.4 Å². The largest absolute Gasteiger partial charge is 0.449 e. The molecule has 0 unspecified atom stereocenters. The molecule has 150 valence electrons. The number of rotatable bonds is 7. The fourth-order valence-corrected chi connectivity index (χ4v) is 3.61. The molecule has 0 fully saturated rings. The normalized spacial score (nSPS) is 11.8. The smallest absolute Gasteiger partial charge is 0.242 e. The molecular weight excluding hydrogens is 396 g/mol. The summed E-state index contributed by atoms with van der Waals surface area (Å²) in [6.45, 7) is 4.30. The van der Waals surface area contributed by atoms with E-state index in [2.05, 4.69) is 24.9 Å². The zero-order valence-electron chi connectivity index (χ0n) is 15.7. The van der Waals surface area contributed by atoms with Crippen LogP contribution in [0.4, 0.5) is 0 Å². The van der Waals surface area contributed by atoms with Gasteiger partial charge in [-0.2, -0.15) is 10.1 Å². The van der Waals surface area contributed by atoms with E-state index in [4.69, 9.17) is 8.94 Å². The van der Waals surface area contributed by atoms with Crippen LogP contribution in [0.5, 0.6) is 0 Å². The Kier molecular flexibility index (Phi) is 4.99. The summed E-state index contributed by atoms with van der Waals surface area (Å²) in [6, 6.07) is 6.34. The van der Waals surface area contributed by atoms with Crippen molar-refractivity contribution in [3.63, 3.8) is 0 Å². The van der Waals surface area contributed by atoms with Gasteiger partial charge in [-0.1, -0.05) is 17.3 Å². The lowest BCUT2D eigenvalue weighted by Crippen LogP contribution is -2.23. The molecule has 0 aliphatic carbocycles. The molecule has 3 aromatic heterocycles. The van der Waals surface area contributed by atoms with Crippen molar-refractivity contribution in [2.75, 3.05) is 0 Å². The van der Waals surface area contributed by atoms with Crippen molar-refractivity contribution >= 4 is 10.0 Å². The number of nitrogens with zero attached hydrogens (tertiary/aromatic N) is 5. The zero-order valence-corrected chi connectivity index (χ0v) is 16.5. The molecule has 0 saturated heterocycles. The Morgan fingerprint density at radius 2 is 1.93 bits per heavy atom. The lowest BCUT2D eigenvalue weighted by molar-refractivity contribution is 0.376. The van der Waals surface area contributed by atoms with Crippen LogP contribution in [0.3, 0.4) is 0 Å². The first-order chi connectivity index (χ1) is 13.9. The van der Waals surface area contributed by atoms with Gasteiger partial charge in [-0.25, -0.2) is 18.1 Å². The maximum atomic E-state index is 12.5. The molecule has 0 spiro atoms. The van der Waals surface area contributed by atoms with Crippen LogP contribution in [0.2, 0.25) is 0 Å². The van der Waals surface area contributed by atoms with Gasteiger partial charge in [0, 0.05) is 25.2 Å². The van der Waals surface area contributed by atoms with Crippen LogP contribution in [0, 0.1) is 6.92 Å². The van der Waals surface area contributed by atoms with Gasteiger partial charge in [0.05, 0.1) is 23.2 Å². The third kappa shape index (κ3) is 4.10. The van der Waals surface area contributed by atoms with E-state index in [1.54, 1.807) is 36.1 Å². The van der Waals surface area contributed by atoms with Crippen molar-refractivity contribution in [3.05, 3.63) is 54.7 Å². The van der Waals surface area contributed by atoms with E-state index >= 15 is 0 Å². The number of hydrogen-bond acceptors (Lipinski definition) is 8. The fourth-order valence-electron chi connectivity index (χ4n) is 2.64. The molecule has 10 nitrogen and oxygen atoms in total. The van der Waals surface area contributed by atoms with Gasteiger partial charge in [-0.3, -0.25) is 4.68 Å². The van der Waals surface area contributed by atoms with Gasteiger partial charge in [0.15, 0.2) is 5.89 Å². The van der Waals surface area contributed by atoms with Gasteiger partial charge in [-0.15, -0.1) is 0 Å². The molecule has 0 atom stereocenters. The zero-order chi connectivity index (χ0) is 20.4. The summed E-state index contributed by atoms with van der Waals surface area (Å²) in [4.78, 5) is 8.54. The summed E-state index contributed by atoms with van der Waals surface area (Å²) in [5.41, 5.74) is 2.10. The van der Waals surface area contributed by atoms with Gasteiger partial charge < -0.3 is 8.94 Å². The second-order valence-electron chi connectivity index (χ2n) is 6.20. The minimum absolute atomic E-state index is 0.116. The summed E-state index contributed by atoms with van der Waals surface area (Å²) in [6.07, 6.45) is 4.94. The lowest BCUT2D eigenvalue weighted by Gasteiger charge is -2.05. The van der Waals surface area contributed by atoms with E-state index in [0.29, 0.717) is 23.0 Å². The highest BCUT2D eigenvalue weighted by Gasteiger charge is 2.17. The highest BCUT2D eigenvalue weighted by atomic mass is 32.2. The van der Waals surface area contributed by atoms with Crippen LogP contribution in [-0.4, -0.2) is 33.3 Å². The highest BCUT2D eigenvalue weighted by Crippen LogP contribution is 2.21. The number of hydrogen-bond donors (Lipinski definition) is 1. The number of sulfonamides is 1. The van der Waals surface area contributed by atoms with Crippen LogP contribution in [0.25, 0.3) is 22.6 Å². The maximum Gasteiger partial charge on any atom is 0.242 e. The summed E-state index contributed by atoms with van der Waals surface area (Å²) >= 11 is 0. The molecule has 0 radical (unpaired) electrons. The van der Waals surface area contributed by atoms with Crippen molar-refractivity contribution in [2.45, 2.75) is 31.8 Å². The number of aryl methyl sites for hydroxylation is 2. The predicted octanol–water partition coefficient (Wildman–Crippen LogP) is 2.39. The van der Waals surface area contributed by atoms with Crippen LogP contribution >= 0.6 is 0 Å². The average Bonchev–Trinajstić information content (AvgIpc) is 3.47. The molecule has 3 heterocycles. The Morgan fingerprint density at radius 3 is 2.59 bits per heavy atom. The Labute approximate surface area is 166 Å². The number of nitrogens with one attached hydrogen (secondary N) is 1. The molecule has 0 aliphatic rings. The Hall–Kier alpha value is -3.31. The topological polar surface area (TPSA) is 129 Å². The minimum Gasteiger partial charge on any atom is -0.449 e. The Morgan fingerprint density at radius 1 is 1.14 bits per heavy atom. The van der Waals surface area contributed by atoms with E-state index in [-0.39, 0.29) is 17.3 Å². The second kappa shape index (κ2) is 7.60. The van der Waals surface area contributed by atoms with Crippen molar-refractivity contribution in [1.82, 2.24) is 29.6 Å². The van der Waals surface area contributed by atoms with Crippen LogP contribution in [-0.2, 0) is 23.1 Å². The first-order valence-corrected chi connectivity index (χ1v) is 10.3. The van der Waals surface area contributed by atoms with E-state index in [0.717, 1.165) is 12.1 Å². The van der Waals surface area contributed by atoms with Crippen LogP contribution < -0.4 is 4.72 Å². The molecule has 0 bridgehead atoms. The SMILES string of the molecule is CCn1cc(-c2noc(CNS(=O)(=O)c3ccc(-c4coc(C)n4)cc3)n2)cn1. The molecule has 11 heteroatoms. The molecular formula is C18H18N6O4S. The van der Waals surface area contributed by atoms with Crippen LogP contribution in [0.15, 0.2) is 56.8 Å². The van der Waals surface area contributed by atoms with Crippen molar-refractivity contribution in [3.8, 4) is 22.6 Å². The molecule has 4 rings (SSSR count). The van der Waals surface area contributed by atoms with Gasteiger partial charge >= 0.3 is 0 Å². The summed E-state index contributed by atoms with van der Waals surface area (Å²) in [7, 11) is -3.75. The lowest BCUT2D eigenvalue weighted by atomic mass is 10.2. The van der Waals surface area contributed by atoms with E-state index in [1.165, 1.54) is 18.4 Å². The van der Waals surface area contributed by atoms with Crippen LogP contribution in [0.1, 0.15) is 18.7 Å². The molecule has 0 saturated carbocycles. The fraction of sp³-hybridized carbons (Fsp3) is 0.222. The number of oxazole rings is 1. The second-order valence-corrected chi connectivity index (χ2v) is 7.96. The monoisotopic (exact) mass is 414 g/mol. The third-order valence-corrected chi connectivity index (χ3v) is 5.59. The maximum absolute atomic E-state index is 12.5. The van der Waals surface area contributed by atoms with Gasteiger partial charge in [-0.05, 0) is 19.1 Å².